The number of carbonyl (C=O) groups excluding carboxylic acids is 1. The minimum Gasteiger partial charge on any atom is -0.335 e. The normalized spacial score (nSPS) is 23.7. The monoisotopic (exact) mass is 302 g/mol. The number of aromatic nitrogens is 2. The van der Waals surface area contributed by atoms with Crippen molar-refractivity contribution in [2.45, 2.75) is 57.5 Å². The summed E-state index contributed by atoms with van der Waals surface area (Å²) in [6.07, 6.45) is 10.6. The van der Waals surface area contributed by atoms with Gasteiger partial charge in [0.1, 0.15) is 11.5 Å². The summed E-state index contributed by atoms with van der Waals surface area (Å²) in [4.78, 5) is 21.9. The predicted octanol–water partition coefficient (Wildman–Crippen LogP) is 1.92. The van der Waals surface area contributed by atoms with E-state index in [-0.39, 0.29) is 5.91 Å². The summed E-state index contributed by atoms with van der Waals surface area (Å²) in [6, 6.07) is 0.778. The van der Waals surface area contributed by atoms with Gasteiger partial charge in [-0.05, 0) is 25.7 Å². The predicted molar refractivity (Wildman–Crippen MR) is 84.9 cm³/mol. The Labute approximate surface area is 132 Å². The number of rotatable bonds is 2. The maximum atomic E-state index is 12.8. The van der Waals surface area contributed by atoms with Gasteiger partial charge in [-0.15, -0.1) is 0 Å². The first-order valence-corrected chi connectivity index (χ1v) is 8.90. The molecule has 4 rings (SSSR count). The average Bonchev–Trinajstić information content (AvgIpc) is 3.24. The van der Waals surface area contributed by atoms with Crippen LogP contribution in [0.5, 0.6) is 0 Å². The fourth-order valence-electron chi connectivity index (χ4n) is 4.31. The van der Waals surface area contributed by atoms with Gasteiger partial charge in [0.2, 0.25) is 0 Å². The first kappa shape index (κ1) is 14.2. The summed E-state index contributed by atoms with van der Waals surface area (Å²) >= 11 is 0. The van der Waals surface area contributed by atoms with Crippen LogP contribution in [0, 0.1) is 0 Å². The molecule has 1 aliphatic carbocycles. The van der Waals surface area contributed by atoms with E-state index >= 15 is 0 Å². The molecule has 5 heteroatoms. The zero-order valence-electron chi connectivity index (χ0n) is 13.3. The molecule has 0 aromatic carbocycles. The summed E-state index contributed by atoms with van der Waals surface area (Å²) in [5, 5.41) is 0. The molecule has 1 saturated heterocycles. The number of imidazole rings is 1. The van der Waals surface area contributed by atoms with E-state index in [1.165, 1.54) is 38.5 Å². The Bertz CT molecular complexity index is 539. The fourth-order valence-corrected chi connectivity index (χ4v) is 4.31. The van der Waals surface area contributed by atoms with E-state index < -0.39 is 0 Å². The Balaban J connectivity index is 1.40. The zero-order valence-corrected chi connectivity index (χ0v) is 13.3. The molecule has 3 heterocycles. The summed E-state index contributed by atoms with van der Waals surface area (Å²) in [5.41, 5.74) is 0.809. The Morgan fingerprint density at radius 1 is 1.00 bits per heavy atom. The highest BCUT2D eigenvalue weighted by Crippen LogP contribution is 2.25. The molecule has 2 aliphatic heterocycles. The molecule has 0 radical (unpaired) electrons. The molecule has 0 bridgehead atoms. The molecular weight excluding hydrogens is 276 g/mol. The topological polar surface area (TPSA) is 41.4 Å². The van der Waals surface area contributed by atoms with Gasteiger partial charge in [-0.25, -0.2) is 4.98 Å². The Kier molecular flexibility index (Phi) is 3.90. The third-order valence-electron chi connectivity index (χ3n) is 5.63. The smallest absolute Gasteiger partial charge is 0.272 e. The van der Waals surface area contributed by atoms with Crippen LogP contribution in [0.25, 0.3) is 0 Å². The summed E-state index contributed by atoms with van der Waals surface area (Å²) in [7, 11) is 0. The second-order valence-corrected chi connectivity index (χ2v) is 6.93. The van der Waals surface area contributed by atoms with Crippen molar-refractivity contribution >= 4 is 5.91 Å². The Hall–Kier alpha value is -1.36. The van der Waals surface area contributed by atoms with Gasteiger partial charge in [-0.3, -0.25) is 9.69 Å². The van der Waals surface area contributed by atoms with Gasteiger partial charge in [0.05, 0.1) is 6.20 Å². The highest BCUT2D eigenvalue weighted by atomic mass is 16.2. The molecule has 5 nitrogen and oxygen atoms in total. The molecule has 22 heavy (non-hydrogen) atoms. The summed E-state index contributed by atoms with van der Waals surface area (Å²) in [5.74, 6) is 1.28. The van der Waals surface area contributed by atoms with Crippen LogP contribution in [0.1, 0.15) is 54.8 Å². The van der Waals surface area contributed by atoms with Gasteiger partial charge >= 0.3 is 0 Å². The minimum atomic E-state index is 0.187. The number of carbonyl (C=O) groups is 1. The molecule has 0 atom stereocenters. The van der Waals surface area contributed by atoms with Crippen molar-refractivity contribution < 1.29 is 4.79 Å². The van der Waals surface area contributed by atoms with E-state index in [2.05, 4.69) is 14.5 Å². The second-order valence-electron chi connectivity index (χ2n) is 6.93. The van der Waals surface area contributed by atoms with E-state index in [4.69, 9.17) is 0 Å². The van der Waals surface area contributed by atoms with Crippen molar-refractivity contribution in [2.75, 3.05) is 26.2 Å². The summed E-state index contributed by atoms with van der Waals surface area (Å²) < 4.78 is 2.15. The zero-order chi connectivity index (χ0) is 14.9. The number of amides is 1. The third-order valence-corrected chi connectivity index (χ3v) is 5.63. The van der Waals surface area contributed by atoms with Crippen molar-refractivity contribution in [1.29, 1.82) is 0 Å². The number of fused-ring (bicyclic) bond motifs is 1. The van der Waals surface area contributed by atoms with Crippen molar-refractivity contribution in [1.82, 2.24) is 19.4 Å². The van der Waals surface area contributed by atoms with Crippen LogP contribution in [0.15, 0.2) is 6.20 Å². The number of hydrogen-bond acceptors (Lipinski definition) is 3. The van der Waals surface area contributed by atoms with Crippen molar-refractivity contribution in [3.05, 3.63) is 17.7 Å². The van der Waals surface area contributed by atoms with Gasteiger partial charge in [0.15, 0.2) is 0 Å². The average molecular weight is 302 g/mol. The van der Waals surface area contributed by atoms with Gasteiger partial charge in [0.25, 0.3) is 5.91 Å². The Morgan fingerprint density at radius 3 is 2.55 bits per heavy atom. The lowest BCUT2D eigenvalue weighted by atomic mass is 10.1. The van der Waals surface area contributed by atoms with Crippen LogP contribution in [0.2, 0.25) is 0 Å². The van der Waals surface area contributed by atoms with Gasteiger partial charge in [0, 0.05) is 45.2 Å². The molecule has 0 spiro atoms. The quantitative estimate of drug-likeness (QED) is 0.838. The second kappa shape index (κ2) is 6.03. The van der Waals surface area contributed by atoms with Gasteiger partial charge < -0.3 is 9.47 Å². The van der Waals surface area contributed by atoms with E-state index in [1.54, 1.807) is 6.20 Å². The largest absolute Gasteiger partial charge is 0.335 e. The first-order valence-electron chi connectivity index (χ1n) is 8.90. The van der Waals surface area contributed by atoms with Crippen LogP contribution in [0.4, 0.5) is 0 Å². The highest BCUT2D eigenvalue weighted by Gasteiger charge is 2.30. The number of hydrogen-bond donors (Lipinski definition) is 0. The SMILES string of the molecule is O=C(c1cnc2n1CCCC2)N1CCN(C2CCCC2)CC1. The fraction of sp³-hybridized carbons (Fsp3) is 0.765. The number of nitrogens with zero attached hydrogens (tertiary/aromatic N) is 4. The molecule has 1 aromatic heterocycles. The van der Waals surface area contributed by atoms with Crippen LogP contribution >= 0.6 is 0 Å². The molecule has 1 aromatic rings. The molecule has 2 fully saturated rings. The van der Waals surface area contributed by atoms with E-state index in [9.17, 15) is 4.79 Å². The van der Waals surface area contributed by atoms with Crippen LogP contribution in [-0.2, 0) is 13.0 Å². The lowest BCUT2D eigenvalue weighted by Gasteiger charge is -2.38. The van der Waals surface area contributed by atoms with Crippen LogP contribution < -0.4 is 0 Å². The highest BCUT2D eigenvalue weighted by molar-refractivity contribution is 5.92. The van der Waals surface area contributed by atoms with Gasteiger partial charge in [-0.1, -0.05) is 12.8 Å². The lowest BCUT2D eigenvalue weighted by molar-refractivity contribution is 0.0562. The van der Waals surface area contributed by atoms with E-state index in [1.807, 2.05) is 4.90 Å². The molecular formula is C17H26N4O. The molecule has 1 saturated carbocycles. The number of piperazine rings is 1. The van der Waals surface area contributed by atoms with Gasteiger partial charge in [-0.2, -0.15) is 0 Å². The standard InChI is InChI=1S/C17H26N4O/c22-17(15-13-18-16-7-3-4-8-21(15)16)20-11-9-19(10-12-20)14-5-1-2-6-14/h13-14H,1-12H2. The molecule has 0 unspecified atom stereocenters. The molecule has 0 N–H and O–H groups in total. The summed E-state index contributed by atoms with van der Waals surface area (Å²) in [6.45, 7) is 4.78. The number of aryl methyl sites for hydroxylation is 1. The van der Waals surface area contributed by atoms with E-state index in [0.717, 1.165) is 56.7 Å². The molecule has 120 valence electrons. The van der Waals surface area contributed by atoms with Crippen molar-refractivity contribution in [2.24, 2.45) is 0 Å². The van der Waals surface area contributed by atoms with E-state index in [0.29, 0.717) is 0 Å². The maximum absolute atomic E-state index is 12.8. The molecule has 3 aliphatic rings. The molecule has 1 amide bonds. The third kappa shape index (κ3) is 2.56. The van der Waals surface area contributed by atoms with Crippen molar-refractivity contribution in [3.8, 4) is 0 Å². The van der Waals surface area contributed by atoms with Crippen molar-refractivity contribution in [3.63, 3.8) is 0 Å². The first-order chi connectivity index (χ1) is 10.8. The van der Waals surface area contributed by atoms with Crippen LogP contribution in [-0.4, -0.2) is 57.5 Å². The minimum absolute atomic E-state index is 0.187. The Morgan fingerprint density at radius 2 is 1.77 bits per heavy atom. The maximum Gasteiger partial charge on any atom is 0.272 e. The van der Waals surface area contributed by atoms with Crippen LogP contribution in [0.3, 0.4) is 0 Å². The lowest BCUT2D eigenvalue weighted by Crippen LogP contribution is -2.51.